The lowest BCUT2D eigenvalue weighted by atomic mass is 9.98. The standard InChI is InChI=1S/C37H22ClN3O/c38-37-40-35(28-16-7-14-25-20-21-26(22-31(25)28)23-10-3-1-4-11-23)39-36(41-37)30-18-8-17-29-33-27(24-12-5-2-6-13-24)15-9-19-32(33)42-34(29)30/h1-22H. The molecule has 0 fully saturated rings. The van der Waals surface area contributed by atoms with E-state index >= 15 is 0 Å². The van der Waals surface area contributed by atoms with Crippen molar-refractivity contribution in [2.45, 2.75) is 0 Å². The van der Waals surface area contributed by atoms with Crippen LogP contribution in [0.25, 0.3) is 77.7 Å². The van der Waals surface area contributed by atoms with Crippen LogP contribution in [0.3, 0.4) is 0 Å². The van der Waals surface area contributed by atoms with E-state index in [0.717, 1.165) is 60.5 Å². The van der Waals surface area contributed by atoms with Crippen molar-refractivity contribution in [3.8, 4) is 45.0 Å². The summed E-state index contributed by atoms with van der Waals surface area (Å²) in [6.07, 6.45) is 0. The minimum absolute atomic E-state index is 0.129. The molecular weight excluding hydrogens is 538 g/mol. The van der Waals surface area contributed by atoms with Gasteiger partial charge in [0.15, 0.2) is 11.6 Å². The molecule has 198 valence electrons. The average molecular weight is 560 g/mol. The highest BCUT2D eigenvalue weighted by molar-refractivity contribution is 6.28. The molecule has 0 saturated carbocycles. The van der Waals surface area contributed by atoms with Gasteiger partial charge in [0.25, 0.3) is 0 Å². The lowest BCUT2D eigenvalue weighted by Crippen LogP contribution is -1.98. The van der Waals surface area contributed by atoms with E-state index in [2.05, 4.69) is 70.6 Å². The molecule has 6 aromatic carbocycles. The van der Waals surface area contributed by atoms with Crippen molar-refractivity contribution in [3.05, 3.63) is 139 Å². The fourth-order valence-corrected chi connectivity index (χ4v) is 5.91. The van der Waals surface area contributed by atoms with Crippen molar-refractivity contribution in [3.63, 3.8) is 0 Å². The van der Waals surface area contributed by atoms with Gasteiger partial charge >= 0.3 is 0 Å². The second-order valence-corrected chi connectivity index (χ2v) is 10.5. The first-order valence-corrected chi connectivity index (χ1v) is 14.1. The molecule has 0 aliphatic carbocycles. The smallest absolute Gasteiger partial charge is 0.226 e. The molecule has 42 heavy (non-hydrogen) atoms. The lowest BCUT2D eigenvalue weighted by Gasteiger charge is -2.10. The third kappa shape index (κ3) is 4.12. The molecule has 4 nitrogen and oxygen atoms in total. The quantitative estimate of drug-likeness (QED) is 0.215. The van der Waals surface area contributed by atoms with E-state index in [9.17, 15) is 0 Å². The summed E-state index contributed by atoms with van der Waals surface area (Å²) in [4.78, 5) is 14.1. The summed E-state index contributed by atoms with van der Waals surface area (Å²) in [5, 5.41) is 4.32. The molecular formula is C37H22ClN3O. The Kier molecular flexibility index (Phi) is 5.80. The summed E-state index contributed by atoms with van der Waals surface area (Å²) in [6, 6.07) is 45.5. The maximum atomic E-state index is 6.57. The largest absolute Gasteiger partial charge is 0.455 e. The number of furan rings is 1. The van der Waals surface area contributed by atoms with Crippen molar-refractivity contribution in [1.82, 2.24) is 15.0 Å². The first-order chi connectivity index (χ1) is 20.7. The van der Waals surface area contributed by atoms with Crippen LogP contribution < -0.4 is 0 Å². The number of aromatic nitrogens is 3. The maximum absolute atomic E-state index is 6.57. The summed E-state index contributed by atoms with van der Waals surface area (Å²) in [5.41, 5.74) is 7.69. The van der Waals surface area contributed by atoms with Gasteiger partial charge in [0, 0.05) is 16.3 Å². The molecule has 0 N–H and O–H groups in total. The fourth-order valence-electron chi connectivity index (χ4n) is 5.75. The third-order valence-electron chi connectivity index (χ3n) is 7.69. The SMILES string of the molecule is Clc1nc(-c2cccc3ccc(-c4ccccc4)cc23)nc(-c2cccc3c2oc2cccc(-c4ccccc4)c23)n1. The highest BCUT2D eigenvalue weighted by Gasteiger charge is 2.19. The van der Waals surface area contributed by atoms with E-state index in [-0.39, 0.29) is 5.28 Å². The molecule has 0 amide bonds. The Balaban J connectivity index is 1.31. The van der Waals surface area contributed by atoms with Crippen LogP contribution in [-0.4, -0.2) is 15.0 Å². The van der Waals surface area contributed by atoms with Gasteiger partial charge < -0.3 is 4.42 Å². The van der Waals surface area contributed by atoms with E-state index in [1.165, 1.54) is 0 Å². The van der Waals surface area contributed by atoms with E-state index in [1.54, 1.807) is 0 Å². The Morgan fingerprint density at radius 1 is 0.476 bits per heavy atom. The van der Waals surface area contributed by atoms with Gasteiger partial charge in [0.2, 0.25) is 5.28 Å². The molecule has 0 bridgehead atoms. The van der Waals surface area contributed by atoms with Crippen molar-refractivity contribution in [2.24, 2.45) is 0 Å². The zero-order valence-corrected chi connectivity index (χ0v) is 23.1. The van der Waals surface area contributed by atoms with Gasteiger partial charge in [0.05, 0.1) is 5.56 Å². The highest BCUT2D eigenvalue weighted by Crippen LogP contribution is 2.40. The third-order valence-corrected chi connectivity index (χ3v) is 7.86. The molecule has 2 heterocycles. The summed E-state index contributed by atoms with van der Waals surface area (Å²) < 4.78 is 6.48. The Hall–Kier alpha value is -5.32. The Labute approximate surface area is 246 Å². The summed E-state index contributed by atoms with van der Waals surface area (Å²) >= 11 is 6.57. The second-order valence-electron chi connectivity index (χ2n) is 10.2. The number of hydrogen-bond acceptors (Lipinski definition) is 4. The van der Waals surface area contributed by atoms with E-state index < -0.39 is 0 Å². The minimum atomic E-state index is 0.129. The molecule has 0 spiro atoms. The molecule has 8 aromatic rings. The molecule has 0 atom stereocenters. The van der Waals surface area contributed by atoms with E-state index in [0.29, 0.717) is 17.2 Å². The van der Waals surface area contributed by atoms with Gasteiger partial charge in [0.1, 0.15) is 11.2 Å². The normalized spacial score (nSPS) is 11.5. The molecule has 0 aliphatic heterocycles. The molecule has 0 saturated heterocycles. The average Bonchev–Trinajstić information content (AvgIpc) is 3.44. The second kappa shape index (κ2) is 9.95. The number of rotatable bonds is 4. The van der Waals surface area contributed by atoms with Crippen LogP contribution in [0.4, 0.5) is 0 Å². The highest BCUT2D eigenvalue weighted by atomic mass is 35.5. The predicted molar refractivity (Wildman–Crippen MR) is 171 cm³/mol. The van der Waals surface area contributed by atoms with Crippen LogP contribution in [0.2, 0.25) is 5.28 Å². The van der Waals surface area contributed by atoms with Crippen LogP contribution in [0.5, 0.6) is 0 Å². The number of benzene rings is 6. The van der Waals surface area contributed by atoms with Gasteiger partial charge in [-0.2, -0.15) is 9.97 Å². The fraction of sp³-hybridized carbons (Fsp3) is 0. The van der Waals surface area contributed by atoms with Crippen LogP contribution >= 0.6 is 11.6 Å². The van der Waals surface area contributed by atoms with E-state index in [1.807, 2.05) is 72.8 Å². The Bertz CT molecular complexity index is 2260. The maximum Gasteiger partial charge on any atom is 0.226 e. The van der Waals surface area contributed by atoms with E-state index in [4.69, 9.17) is 21.0 Å². The lowest BCUT2D eigenvalue weighted by molar-refractivity contribution is 0.669. The number of halogens is 1. The molecule has 2 aromatic heterocycles. The predicted octanol–water partition coefficient (Wildman–Crippen LogP) is 10.2. The van der Waals surface area contributed by atoms with Crippen molar-refractivity contribution < 1.29 is 4.42 Å². The first kappa shape index (κ1) is 24.5. The monoisotopic (exact) mass is 559 g/mol. The zero-order valence-electron chi connectivity index (χ0n) is 22.3. The van der Waals surface area contributed by atoms with Gasteiger partial charge in [-0.1, -0.05) is 115 Å². The van der Waals surface area contributed by atoms with Crippen LogP contribution in [0.15, 0.2) is 138 Å². The summed E-state index contributed by atoms with van der Waals surface area (Å²) in [6.45, 7) is 0. The van der Waals surface area contributed by atoms with Gasteiger partial charge in [-0.15, -0.1) is 0 Å². The van der Waals surface area contributed by atoms with Crippen LogP contribution in [0, 0.1) is 0 Å². The number of hydrogen-bond donors (Lipinski definition) is 0. The summed E-state index contributed by atoms with van der Waals surface area (Å²) in [7, 11) is 0. The Morgan fingerprint density at radius 3 is 1.95 bits per heavy atom. The Morgan fingerprint density at radius 2 is 1.14 bits per heavy atom. The minimum Gasteiger partial charge on any atom is -0.455 e. The van der Waals surface area contributed by atoms with Crippen molar-refractivity contribution >= 4 is 44.3 Å². The zero-order chi connectivity index (χ0) is 28.0. The van der Waals surface area contributed by atoms with Gasteiger partial charge in [-0.25, -0.2) is 4.98 Å². The number of fused-ring (bicyclic) bond motifs is 4. The van der Waals surface area contributed by atoms with Crippen LogP contribution in [-0.2, 0) is 0 Å². The molecule has 0 aliphatic rings. The van der Waals surface area contributed by atoms with Crippen molar-refractivity contribution in [2.75, 3.05) is 0 Å². The summed E-state index contributed by atoms with van der Waals surface area (Å²) in [5.74, 6) is 0.978. The topological polar surface area (TPSA) is 51.8 Å². The molecule has 0 unspecified atom stereocenters. The first-order valence-electron chi connectivity index (χ1n) is 13.7. The van der Waals surface area contributed by atoms with Crippen molar-refractivity contribution in [1.29, 1.82) is 0 Å². The molecule has 0 radical (unpaired) electrons. The van der Waals surface area contributed by atoms with Gasteiger partial charge in [-0.05, 0) is 62.8 Å². The molecule has 8 rings (SSSR count). The van der Waals surface area contributed by atoms with Crippen LogP contribution in [0.1, 0.15) is 0 Å². The van der Waals surface area contributed by atoms with Gasteiger partial charge in [-0.3, -0.25) is 0 Å². The number of para-hydroxylation sites is 1. The molecule has 5 heteroatoms. The number of nitrogens with zero attached hydrogens (tertiary/aromatic N) is 3.